The zero-order valence-electron chi connectivity index (χ0n) is 15.1. The van der Waals surface area contributed by atoms with E-state index >= 15 is 0 Å². The highest BCUT2D eigenvalue weighted by atomic mass is 16.5. The van der Waals surface area contributed by atoms with Gasteiger partial charge in [0.05, 0.1) is 43.4 Å². The molecule has 7 heteroatoms. The van der Waals surface area contributed by atoms with Crippen LogP contribution in [0.4, 0.5) is 0 Å². The van der Waals surface area contributed by atoms with Crippen LogP contribution >= 0.6 is 0 Å². The van der Waals surface area contributed by atoms with Crippen LogP contribution in [0.1, 0.15) is 30.2 Å². The van der Waals surface area contributed by atoms with Crippen LogP contribution < -0.4 is 0 Å². The van der Waals surface area contributed by atoms with Gasteiger partial charge < -0.3 is 19.1 Å². The third-order valence-electron chi connectivity index (χ3n) is 4.37. The van der Waals surface area contributed by atoms with Crippen molar-refractivity contribution in [3.8, 4) is 0 Å². The van der Waals surface area contributed by atoms with Crippen LogP contribution in [-0.4, -0.2) is 57.4 Å². The van der Waals surface area contributed by atoms with E-state index < -0.39 is 0 Å². The molecule has 2 aromatic rings. The first-order chi connectivity index (χ1) is 12.1. The molecule has 0 N–H and O–H groups in total. The van der Waals surface area contributed by atoms with Crippen molar-refractivity contribution in [1.82, 2.24) is 24.3 Å². The number of nitrogens with zero attached hydrogens (tertiary/aromatic N) is 5. The third-order valence-corrected chi connectivity index (χ3v) is 4.37. The van der Waals surface area contributed by atoms with Crippen LogP contribution in [0.15, 0.2) is 30.6 Å². The predicted molar refractivity (Wildman–Crippen MR) is 93.6 cm³/mol. The highest BCUT2D eigenvalue weighted by Crippen LogP contribution is 2.25. The first-order valence-corrected chi connectivity index (χ1v) is 8.52. The number of ether oxygens (including phenoxy) is 1. The molecule has 1 atom stereocenters. The first kappa shape index (κ1) is 17.6. The van der Waals surface area contributed by atoms with Crippen LogP contribution in [0, 0.1) is 0 Å². The number of aromatic nitrogens is 3. The number of imidazole rings is 1. The minimum absolute atomic E-state index is 0.0225. The second-order valence-corrected chi connectivity index (χ2v) is 6.57. The number of pyridine rings is 1. The summed E-state index contributed by atoms with van der Waals surface area (Å²) >= 11 is 0. The summed E-state index contributed by atoms with van der Waals surface area (Å²) in [7, 11) is 3.81. The normalized spacial score (nSPS) is 17.0. The van der Waals surface area contributed by atoms with Crippen molar-refractivity contribution in [3.63, 3.8) is 0 Å². The van der Waals surface area contributed by atoms with Gasteiger partial charge in [0.15, 0.2) is 0 Å². The van der Waals surface area contributed by atoms with Gasteiger partial charge in [0.2, 0.25) is 5.91 Å². The number of fused-ring (bicyclic) bond motifs is 1. The summed E-state index contributed by atoms with van der Waals surface area (Å²) < 4.78 is 7.95. The molecule has 2 aromatic heterocycles. The lowest BCUT2D eigenvalue weighted by Gasteiger charge is -2.35. The lowest BCUT2D eigenvalue weighted by Crippen LogP contribution is -2.45. The average Bonchev–Trinajstić information content (AvgIpc) is 2.99. The number of hydrogen-bond donors (Lipinski definition) is 0. The topological polar surface area (TPSA) is 63.5 Å². The quantitative estimate of drug-likeness (QED) is 0.795. The molecule has 0 saturated carbocycles. The molecule has 134 valence electrons. The average molecular weight is 343 g/mol. The SMILES string of the molecule is C[C@H]1c2ncc(COCc3ccccn3)n2CCN1C(=O)CN(C)C. The molecule has 1 amide bonds. The van der Waals surface area contributed by atoms with Crippen LogP contribution in [-0.2, 0) is 29.3 Å². The molecule has 1 aliphatic rings. The molecule has 0 aromatic carbocycles. The molecule has 0 fully saturated rings. The van der Waals surface area contributed by atoms with Gasteiger partial charge in [0.25, 0.3) is 0 Å². The van der Waals surface area contributed by atoms with E-state index in [-0.39, 0.29) is 11.9 Å². The molecular formula is C18H25N5O2. The molecular weight excluding hydrogens is 318 g/mol. The molecule has 0 spiro atoms. The fourth-order valence-corrected chi connectivity index (χ4v) is 3.12. The number of rotatable bonds is 6. The maximum absolute atomic E-state index is 12.4. The van der Waals surface area contributed by atoms with E-state index in [9.17, 15) is 4.79 Å². The highest BCUT2D eigenvalue weighted by Gasteiger charge is 2.30. The maximum atomic E-state index is 12.4. The third kappa shape index (κ3) is 4.05. The minimum atomic E-state index is -0.0225. The van der Waals surface area contributed by atoms with Gasteiger partial charge in [-0.3, -0.25) is 9.78 Å². The van der Waals surface area contributed by atoms with E-state index in [1.165, 1.54) is 0 Å². The Morgan fingerprint density at radius 1 is 1.28 bits per heavy atom. The summed E-state index contributed by atoms with van der Waals surface area (Å²) in [5.74, 6) is 1.06. The van der Waals surface area contributed by atoms with Crippen LogP contribution in [0.3, 0.4) is 0 Å². The maximum Gasteiger partial charge on any atom is 0.237 e. The summed E-state index contributed by atoms with van der Waals surface area (Å²) in [5.41, 5.74) is 1.95. The van der Waals surface area contributed by atoms with Gasteiger partial charge in [0.1, 0.15) is 5.82 Å². The Morgan fingerprint density at radius 2 is 2.12 bits per heavy atom. The van der Waals surface area contributed by atoms with Crippen LogP contribution in [0.2, 0.25) is 0 Å². The van der Waals surface area contributed by atoms with Crippen LogP contribution in [0.5, 0.6) is 0 Å². The lowest BCUT2D eigenvalue weighted by atomic mass is 10.2. The van der Waals surface area contributed by atoms with E-state index in [2.05, 4.69) is 14.5 Å². The fraction of sp³-hybridized carbons (Fsp3) is 0.500. The van der Waals surface area contributed by atoms with Gasteiger partial charge in [-0.05, 0) is 33.2 Å². The van der Waals surface area contributed by atoms with Gasteiger partial charge in [-0.25, -0.2) is 4.98 Å². The standard InChI is InChI=1S/C18H25N5O2/c1-14-18-20-10-16(13-25-12-15-6-4-5-7-19-15)23(18)9-8-22(14)17(24)11-21(2)3/h4-7,10,14H,8-9,11-13H2,1-3H3/t14-/m0/s1. The predicted octanol–water partition coefficient (Wildman–Crippen LogP) is 1.46. The second-order valence-electron chi connectivity index (χ2n) is 6.57. The van der Waals surface area contributed by atoms with Crippen molar-refractivity contribution in [3.05, 3.63) is 47.8 Å². The minimum Gasteiger partial charge on any atom is -0.369 e. The molecule has 3 rings (SSSR count). The Morgan fingerprint density at radius 3 is 2.84 bits per heavy atom. The van der Waals surface area contributed by atoms with E-state index in [0.717, 1.165) is 23.8 Å². The Hall–Kier alpha value is -2.25. The number of carbonyl (C=O) groups excluding carboxylic acids is 1. The van der Waals surface area contributed by atoms with Gasteiger partial charge in [0, 0.05) is 19.3 Å². The molecule has 7 nitrogen and oxygen atoms in total. The zero-order chi connectivity index (χ0) is 17.8. The van der Waals surface area contributed by atoms with E-state index in [4.69, 9.17) is 4.74 Å². The van der Waals surface area contributed by atoms with Crippen LogP contribution in [0.25, 0.3) is 0 Å². The lowest BCUT2D eigenvalue weighted by molar-refractivity contribution is -0.135. The number of hydrogen-bond acceptors (Lipinski definition) is 5. The second kappa shape index (κ2) is 7.76. The summed E-state index contributed by atoms with van der Waals surface area (Å²) in [6.07, 6.45) is 3.62. The smallest absolute Gasteiger partial charge is 0.237 e. The van der Waals surface area contributed by atoms with Gasteiger partial charge in [-0.15, -0.1) is 0 Å². The van der Waals surface area contributed by atoms with Crippen molar-refractivity contribution in [2.24, 2.45) is 0 Å². The summed E-state index contributed by atoms with van der Waals surface area (Å²) in [6, 6.07) is 5.77. The van der Waals surface area contributed by atoms with Crippen molar-refractivity contribution in [2.75, 3.05) is 27.2 Å². The molecule has 0 radical (unpaired) electrons. The molecule has 0 unspecified atom stereocenters. The number of amides is 1. The summed E-state index contributed by atoms with van der Waals surface area (Å²) in [5, 5.41) is 0. The van der Waals surface area contributed by atoms with Crippen molar-refractivity contribution < 1.29 is 9.53 Å². The summed E-state index contributed by atoms with van der Waals surface area (Å²) in [6.45, 7) is 4.87. The van der Waals surface area contributed by atoms with Crippen molar-refractivity contribution in [2.45, 2.75) is 32.7 Å². The molecule has 1 aliphatic heterocycles. The molecule has 0 aliphatic carbocycles. The largest absolute Gasteiger partial charge is 0.369 e. The molecule has 0 saturated heterocycles. The van der Waals surface area contributed by atoms with Crippen molar-refractivity contribution >= 4 is 5.91 Å². The Balaban J connectivity index is 1.62. The molecule has 0 bridgehead atoms. The van der Waals surface area contributed by atoms with Crippen molar-refractivity contribution in [1.29, 1.82) is 0 Å². The highest BCUT2D eigenvalue weighted by molar-refractivity contribution is 5.78. The van der Waals surface area contributed by atoms with Gasteiger partial charge in [-0.2, -0.15) is 0 Å². The Labute approximate surface area is 148 Å². The van der Waals surface area contributed by atoms with E-state index in [0.29, 0.717) is 26.3 Å². The zero-order valence-corrected chi connectivity index (χ0v) is 15.1. The molecule has 3 heterocycles. The summed E-state index contributed by atoms with van der Waals surface area (Å²) in [4.78, 5) is 25.0. The number of likely N-dealkylation sites (N-methyl/N-ethyl adjacent to an activating group) is 1. The Kier molecular flexibility index (Phi) is 5.45. The van der Waals surface area contributed by atoms with Gasteiger partial charge >= 0.3 is 0 Å². The first-order valence-electron chi connectivity index (χ1n) is 8.52. The van der Waals surface area contributed by atoms with E-state index in [1.807, 2.05) is 55.2 Å². The fourth-order valence-electron chi connectivity index (χ4n) is 3.12. The Bertz CT molecular complexity index is 714. The number of carbonyl (C=O) groups is 1. The van der Waals surface area contributed by atoms with Gasteiger partial charge in [-0.1, -0.05) is 6.07 Å². The monoisotopic (exact) mass is 343 g/mol. The molecule has 25 heavy (non-hydrogen) atoms. The van der Waals surface area contributed by atoms with E-state index in [1.54, 1.807) is 6.20 Å².